The summed E-state index contributed by atoms with van der Waals surface area (Å²) >= 11 is 1.76. The van der Waals surface area contributed by atoms with Crippen LogP contribution in [0.25, 0.3) is 10.9 Å². The van der Waals surface area contributed by atoms with Gasteiger partial charge < -0.3 is 10.3 Å². The Morgan fingerprint density at radius 2 is 1.86 bits per heavy atom. The molecular weight excluding hydrogens is 378 g/mol. The SMILES string of the molecule is CCCc1ccc([C@@H]([NH2+][C@H](C)c2nc3ccccc3c(=O)[nH]2)c2cccs2)cc1. The molecule has 148 valence electrons. The maximum Gasteiger partial charge on any atom is 0.258 e. The number of fused-ring (bicyclic) bond motifs is 1. The van der Waals surface area contributed by atoms with Crippen LogP contribution in [0.3, 0.4) is 0 Å². The highest BCUT2D eigenvalue weighted by atomic mass is 32.1. The van der Waals surface area contributed by atoms with E-state index in [-0.39, 0.29) is 17.6 Å². The summed E-state index contributed by atoms with van der Waals surface area (Å²) in [7, 11) is 0. The molecule has 0 saturated carbocycles. The van der Waals surface area contributed by atoms with Gasteiger partial charge in [0.2, 0.25) is 0 Å². The van der Waals surface area contributed by atoms with Gasteiger partial charge in [0.05, 0.1) is 15.8 Å². The molecule has 4 aromatic rings. The molecule has 0 aliphatic rings. The van der Waals surface area contributed by atoms with Crippen LogP contribution in [0, 0.1) is 0 Å². The summed E-state index contributed by atoms with van der Waals surface area (Å²) in [5, 5.41) is 5.03. The van der Waals surface area contributed by atoms with Gasteiger partial charge in [-0.1, -0.05) is 55.8 Å². The van der Waals surface area contributed by atoms with Crippen molar-refractivity contribution in [1.82, 2.24) is 9.97 Å². The number of aromatic amines is 1. The fourth-order valence-electron chi connectivity index (χ4n) is 3.72. The summed E-state index contributed by atoms with van der Waals surface area (Å²) < 4.78 is 0. The second-order valence-electron chi connectivity index (χ2n) is 7.43. The molecule has 0 amide bonds. The lowest BCUT2D eigenvalue weighted by Gasteiger charge is -2.20. The highest BCUT2D eigenvalue weighted by Gasteiger charge is 2.24. The van der Waals surface area contributed by atoms with Crippen molar-refractivity contribution < 1.29 is 5.32 Å². The van der Waals surface area contributed by atoms with Crippen LogP contribution in [0.5, 0.6) is 0 Å². The Balaban J connectivity index is 1.65. The van der Waals surface area contributed by atoms with Gasteiger partial charge in [-0.25, -0.2) is 4.98 Å². The van der Waals surface area contributed by atoms with Crippen LogP contribution in [0.1, 0.15) is 54.2 Å². The minimum atomic E-state index is -0.0811. The number of nitrogens with zero attached hydrogens (tertiary/aromatic N) is 1. The van der Waals surface area contributed by atoms with E-state index in [1.165, 1.54) is 16.0 Å². The van der Waals surface area contributed by atoms with E-state index in [4.69, 9.17) is 4.98 Å². The third-order valence-corrected chi connectivity index (χ3v) is 6.23. The number of quaternary nitrogens is 1. The minimum absolute atomic E-state index is 0.00900. The molecule has 29 heavy (non-hydrogen) atoms. The summed E-state index contributed by atoms with van der Waals surface area (Å²) in [6.45, 7) is 4.30. The van der Waals surface area contributed by atoms with Crippen molar-refractivity contribution in [2.24, 2.45) is 0 Å². The lowest BCUT2D eigenvalue weighted by molar-refractivity contribution is -0.723. The molecule has 2 aromatic heterocycles. The monoisotopic (exact) mass is 404 g/mol. The Morgan fingerprint density at radius 3 is 2.59 bits per heavy atom. The number of rotatable bonds is 7. The average molecular weight is 405 g/mol. The van der Waals surface area contributed by atoms with E-state index in [0.29, 0.717) is 11.2 Å². The average Bonchev–Trinajstić information content (AvgIpc) is 3.27. The summed E-state index contributed by atoms with van der Waals surface area (Å²) in [6.07, 6.45) is 2.25. The zero-order chi connectivity index (χ0) is 20.2. The Kier molecular flexibility index (Phi) is 5.88. The molecule has 5 heteroatoms. The molecule has 3 N–H and O–H groups in total. The van der Waals surface area contributed by atoms with Gasteiger partial charge in [0.1, 0.15) is 12.1 Å². The molecule has 2 atom stereocenters. The van der Waals surface area contributed by atoms with Gasteiger partial charge in [-0.05, 0) is 42.5 Å². The summed E-state index contributed by atoms with van der Waals surface area (Å²) in [5.41, 5.74) is 3.29. The first-order valence-electron chi connectivity index (χ1n) is 10.1. The number of hydrogen-bond acceptors (Lipinski definition) is 3. The highest BCUT2D eigenvalue weighted by Crippen LogP contribution is 2.24. The molecule has 4 nitrogen and oxygen atoms in total. The van der Waals surface area contributed by atoms with E-state index in [1.807, 2.05) is 24.3 Å². The molecule has 4 rings (SSSR count). The van der Waals surface area contributed by atoms with Gasteiger partial charge in [-0.3, -0.25) is 4.79 Å². The number of benzene rings is 2. The largest absolute Gasteiger partial charge is 0.327 e. The molecule has 0 radical (unpaired) electrons. The van der Waals surface area contributed by atoms with Crippen LogP contribution >= 0.6 is 11.3 Å². The number of aromatic nitrogens is 2. The van der Waals surface area contributed by atoms with Crippen molar-refractivity contribution in [2.45, 2.75) is 38.8 Å². The lowest BCUT2D eigenvalue weighted by atomic mass is 10.0. The first kappa shape index (κ1) is 19.6. The van der Waals surface area contributed by atoms with Crippen molar-refractivity contribution in [3.63, 3.8) is 0 Å². The first-order valence-corrected chi connectivity index (χ1v) is 11.0. The van der Waals surface area contributed by atoms with Crippen LogP contribution in [-0.4, -0.2) is 9.97 Å². The summed E-state index contributed by atoms with van der Waals surface area (Å²) in [5.74, 6) is 0.706. The number of thiophene rings is 1. The topological polar surface area (TPSA) is 62.4 Å². The number of H-pyrrole nitrogens is 1. The van der Waals surface area contributed by atoms with Gasteiger partial charge >= 0.3 is 0 Å². The van der Waals surface area contributed by atoms with Gasteiger partial charge in [-0.15, -0.1) is 11.3 Å². The number of aryl methyl sites for hydroxylation is 1. The number of hydrogen-bond donors (Lipinski definition) is 2. The number of nitrogens with two attached hydrogens (primary N) is 1. The standard InChI is InChI=1S/C24H25N3OS/c1-3-7-17-11-13-18(14-12-17)22(21-10-6-15-29-21)25-16(2)23-26-20-9-5-4-8-19(20)24(28)27-23/h4-6,8-16,22,25H,3,7H2,1-2H3,(H,26,27,28)/p+1/t16-,22-/m1/s1. The van der Waals surface area contributed by atoms with E-state index in [9.17, 15) is 4.79 Å². The Hall–Kier alpha value is -2.76. The van der Waals surface area contributed by atoms with Crippen LogP contribution in [0.4, 0.5) is 0 Å². The Morgan fingerprint density at radius 1 is 1.07 bits per heavy atom. The third kappa shape index (κ3) is 4.31. The summed E-state index contributed by atoms with van der Waals surface area (Å²) in [4.78, 5) is 21.5. The Labute approximate surface area is 174 Å². The number of nitrogens with one attached hydrogen (secondary N) is 1. The maximum atomic E-state index is 12.5. The molecule has 0 fully saturated rings. The fraction of sp³-hybridized carbons (Fsp3) is 0.250. The lowest BCUT2D eigenvalue weighted by Crippen LogP contribution is -2.86. The molecule has 0 aliphatic carbocycles. The van der Waals surface area contributed by atoms with Gasteiger partial charge in [0.15, 0.2) is 5.82 Å². The van der Waals surface area contributed by atoms with E-state index >= 15 is 0 Å². The second kappa shape index (κ2) is 8.72. The van der Waals surface area contributed by atoms with E-state index < -0.39 is 0 Å². The van der Waals surface area contributed by atoms with Crippen molar-refractivity contribution in [3.05, 3.63) is 98.2 Å². The molecule has 0 aliphatic heterocycles. The number of para-hydroxylation sites is 1. The van der Waals surface area contributed by atoms with Crippen molar-refractivity contribution in [1.29, 1.82) is 0 Å². The van der Waals surface area contributed by atoms with Crippen LogP contribution in [0.2, 0.25) is 0 Å². The van der Waals surface area contributed by atoms with Crippen molar-refractivity contribution in [2.75, 3.05) is 0 Å². The maximum absolute atomic E-state index is 12.5. The van der Waals surface area contributed by atoms with Gasteiger partial charge in [0.25, 0.3) is 5.56 Å². The predicted molar refractivity (Wildman–Crippen MR) is 119 cm³/mol. The van der Waals surface area contributed by atoms with E-state index in [2.05, 4.69) is 65.9 Å². The molecular formula is C24H26N3OS+. The quantitative estimate of drug-likeness (QED) is 0.481. The predicted octanol–water partition coefficient (Wildman–Crippen LogP) is 4.35. The van der Waals surface area contributed by atoms with Crippen LogP contribution in [0.15, 0.2) is 70.8 Å². The summed E-state index contributed by atoms with van der Waals surface area (Å²) in [6, 6.07) is 20.8. The third-order valence-electron chi connectivity index (χ3n) is 5.27. The first-order chi connectivity index (χ1) is 14.2. The zero-order valence-corrected chi connectivity index (χ0v) is 17.6. The molecule has 0 bridgehead atoms. The Bertz CT molecular complexity index is 1130. The van der Waals surface area contributed by atoms with Crippen molar-refractivity contribution in [3.8, 4) is 0 Å². The van der Waals surface area contributed by atoms with E-state index in [1.54, 1.807) is 11.3 Å². The molecule has 2 aromatic carbocycles. The molecule has 0 spiro atoms. The fourth-order valence-corrected chi connectivity index (χ4v) is 4.55. The van der Waals surface area contributed by atoms with Gasteiger partial charge in [-0.2, -0.15) is 0 Å². The van der Waals surface area contributed by atoms with Crippen molar-refractivity contribution >= 4 is 22.2 Å². The van der Waals surface area contributed by atoms with Gasteiger partial charge in [0, 0.05) is 5.56 Å². The zero-order valence-electron chi connectivity index (χ0n) is 16.8. The van der Waals surface area contributed by atoms with E-state index in [0.717, 1.165) is 18.4 Å². The smallest absolute Gasteiger partial charge is 0.258 e. The molecule has 0 saturated heterocycles. The van der Waals surface area contributed by atoms with Crippen LogP contribution in [-0.2, 0) is 6.42 Å². The molecule has 0 unspecified atom stereocenters. The second-order valence-corrected chi connectivity index (χ2v) is 8.41. The molecule has 2 heterocycles. The highest BCUT2D eigenvalue weighted by molar-refractivity contribution is 7.10. The minimum Gasteiger partial charge on any atom is -0.327 e. The normalized spacial score (nSPS) is 13.4. The van der Waals surface area contributed by atoms with Crippen LogP contribution < -0.4 is 10.9 Å².